The highest BCUT2D eigenvalue weighted by Gasteiger charge is 2.23. The van der Waals surface area contributed by atoms with Crippen LogP contribution in [0.4, 0.5) is 11.4 Å². The fourth-order valence-corrected chi connectivity index (χ4v) is 4.09. The Morgan fingerprint density at radius 3 is 2.36 bits per heavy atom. The first kappa shape index (κ1) is 22.3. The largest absolute Gasteiger partial charge is 0.377 e. The van der Waals surface area contributed by atoms with Crippen LogP contribution >= 0.6 is 0 Å². The molecule has 0 bridgehead atoms. The van der Waals surface area contributed by atoms with Crippen molar-refractivity contribution in [3.05, 3.63) is 23.8 Å². The minimum atomic E-state index is 0.00530. The van der Waals surface area contributed by atoms with E-state index >= 15 is 0 Å². The van der Waals surface area contributed by atoms with Crippen molar-refractivity contribution < 1.29 is 9.59 Å². The monoisotopic (exact) mass is 387 g/mol. The second-order valence-electron chi connectivity index (χ2n) is 9.60. The van der Waals surface area contributed by atoms with Gasteiger partial charge in [0.1, 0.15) is 0 Å². The Hall–Kier alpha value is -2.04. The first-order chi connectivity index (χ1) is 13.1. The molecule has 0 aliphatic carbocycles. The van der Waals surface area contributed by atoms with E-state index in [1.54, 1.807) is 0 Å². The Morgan fingerprint density at radius 2 is 1.79 bits per heavy atom. The molecule has 1 aliphatic rings. The Labute approximate surface area is 170 Å². The fraction of sp³-hybridized carbons (Fsp3) is 0.652. The molecule has 1 saturated heterocycles. The summed E-state index contributed by atoms with van der Waals surface area (Å²) in [6, 6.07) is 5.64. The van der Waals surface area contributed by atoms with Gasteiger partial charge >= 0.3 is 0 Å². The molecule has 0 unspecified atom stereocenters. The van der Waals surface area contributed by atoms with Gasteiger partial charge in [-0.2, -0.15) is 0 Å². The van der Waals surface area contributed by atoms with Gasteiger partial charge in [0.25, 0.3) is 5.91 Å². The highest BCUT2D eigenvalue weighted by molar-refractivity contribution is 6.02. The number of hydrogen-bond donors (Lipinski definition) is 1. The summed E-state index contributed by atoms with van der Waals surface area (Å²) < 4.78 is 0. The molecular weight excluding hydrogens is 350 g/mol. The number of carbonyl (C=O) groups excluding carboxylic acids is 2. The van der Waals surface area contributed by atoms with Crippen LogP contribution in [0.2, 0.25) is 0 Å². The summed E-state index contributed by atoms with van der Waals surface area (Å²) in [7, 11) is 3.88. The van der Waals surface area contributed by atoms with Crippen molar-refractivity contribution in [1.29, 1.82) is 0 Å². The number of nitrogens with zero attached hydrogens (tertiary/aromatic N) is 2. The van der Waals surface area contributed by atoms with Crippen LogP contribution in [0.25, 0.3) is 0 Å². The van der Waals surface area contributed by atoms with Crippen LogP contribution in [0.5, 0.6) is 0 Å². The van der Waals surface area contributed by atoms with E-state index in [9.17, 15) is 9.59 Å². The summed E-state index contributed by atoms with van der Waals surface area (Å²) in [4.78, 5) is 29.5. The van der Waals surface area contributed by atoms with Crippen LogP contribution in [-0.2, 0) is 4.79 Å². The Kier molecular flexibility index (Phi) is 7.50. The van der Waals surface area contributed by atoms with Gasteiger partial charge in [-0.3, -0.25) is 9.59 Å². The van der Waals surface area contributed by atoms with Crippen LogP contribution in [0.3, 0.4) is 0 Å². The van der Waals surface area contributed by atoms with E-state index in [-0.39, 0.29) is 17.2 Å². The van der Waals surface area contributed by atoms with Crippen molar-refractivity contribution in [1.82, 2.24) is 4.90 Å². The molecule has 1 aromatic rings. The van der Waals surface area contributed by atoms with Gasteiger partial charge in [0.2, 0.25) is 5.91 Å². The molecular formula is C23H37N3O2. The zero-order valence-electron chi connectivity index (χ0n) is 18.5. The molecule has 1 aromatic carbocycles. The van der Waals surface area contributed by atoms with Crippen molar-refractivity contribution in [3.8, 4) is 0 Å². The highest BCUT2D eigenvalue weighted by Crippen LogP contribution is 2.28. The lowest BCUT2D eigenvalue weighted by Crippen LogP contribution is -2.36. The maximum Gasteiger partial charge on any atom is 0.256 e. The molecule has 2 amide bonds. The topological polar surface area (TPSA) is 52.7 Å². The van der Waals surface area contributed by atoms with E-state index in [2.05, 4.69) is 33.0 Å². The van der Waals surface area contributed by atoms with Gasteiger partial charge in [-0.25, -0.2) is 0 Å². The standard InChI is InChI=1S/C23H37N3O2/c1-17(16-23(2,3)4)14-21(27)24-18-10-11-20(25(5)6)19(15-18)22(28)26-12-8-7-9-13-26/h10-11,15,17H,7-9,12-14,16H2,1-6H3,(H,24,27)/t17-/m1/s1. The van der Waals surface area contributed by atoms with Crippen LogP contribution in [0.1, 0.15) is 70.2 Å². The normalized spacial score (nSPS) is 15.9. The zero-order chi connectivity index (χ0) is 20.9. The van der Waals surface area contributed by atoms with E-state index in [1.807, 2.05) is 42.1 Å². The molecule has 0 saturated carbocycles. The third-order valence-electron chi connectivity index (χ3n) is 5.13. The first-order valence-electron chi connectivity index (χ1n) is 10.5. The molecule has 1 aliphatic heterocycles. The van der Waals surface area contributed by atoms with E-state index in [4.69, 9.17) is 0 Å². The maximum absolute atomic E-state index is 13.1. The van der Waals surface area contributed by atoms with E-state index in [1.165, 1.54) is 6.42 Å². The van der Waals surface area contributed by atoms with Crippen molar-refractivity contribution in [2.45, 2.75) is 59.8 Å². The summed E-state index contributed by atoms with van der Waals surface area (Å²) in [6.07, 6.45) is 4.80. The van der Waals surface area contributed by atoms with Gasteiger partial charge < -0.3 is 15.1 Å². The smallest absolute Gasteiger partial charge is 0.256 e. The van der Waals surface area contributed by atoms with Gasteiger partial charge in [0, 0.05) is 45.0 Å². The van der Waals surface area contributed by atoms with Crippen molar-refractivity contribution >= 4 is 23.2 Å². The molecule has 5 nitrogen and oxygen atoms in total. The Balaban J connectivity index is 2.13. The lowest BCUT2D eigenvalue weighted by atomic mass is 9.84. The average Bonchev–Trinajstić information content (AvgIpc) is 2.59. The molecule has 156 valence electrons. The SMILES string of the molecule is C[C@H](CC(=O)Nc1ccc(N(C)C)c(C(=O)N2CCCCC2)c1)CC(C)(C)C. The van der Waals surface area contributed by atoms with Gasteiger partial charge in [0.15, 0.2) is 0 Å². The number of anilines is 2. The van der Waals surface area contributed by atoms with Crippen molar-refractivity contribution in [2.75, 3.05) is 37.4 Å². The predicted molar refractivity (Wildman–Crippen MR) is 117 cm³/mol. The Bertz CT molecular complexity index is 686. The summed E-state index contributed by atoms with van der Waals surface area (Å²) >= 11 is 0. The zero-order valence-corrected chi connectivity index (χ0v) is 18.5. The molecule has 1 heterocycles. The second-order valence-corrected chi connectivity index (χ2v) is 9.60. The quantitative estimate of drug-likeness (QED) is 0.764. The molecule has 2 rings (SSSR count). The van der Waals surface area contributed by atoms with E-state index in [0.717, 1.165) is 38.0 Å². The van der Waals surface area contributed by atoms with E-state index < -0.39 is 0 Å². The molecule has 28 heavy (non-hydrogen) atoms. The lowest BCUT2D eigenvalue weighted by Gasteiger charge is -2.28. The summed E-state index contributed by atoms with van der Waals surface area (Å²) in [5.41, 5.74) is 2.45. The second kappa shape index (κ2) is 9.44. The average molecular weight is 388 g/mol. The summed E-state index contributed by atoms with van der Waals surface area (Å²) in [5.74, 6) is 0.377. The van der Waals surface area contributed by atoms with Gasteiger partial charge in [-0.15, -0.1) is 0 Å². The fourth-order valence-electron chi connectivity index (χ4n) is 4.09. The van der Waals surface area contributed by atoms with Crippen LogP contribution in [0.15, 0.2) is 18.2 Å². The van der Waals surface area contributed by atoms with Gasteiger partial charge in [-0.1, -0.05) is 27.7 Å². The third-order valence-corrected chi connectivity index (χ3v) is 5.13. The molecule has 5 heteroatoms. The molecule has 1 fully saturated rings. The number of benzene rings is 1. The first-order valence-corrected chi connectivity index (χ1v) is 10.5. The lowest BCUT2D eigenvalue weighted by molar-refractivity contribution is -0.117. The van der Waals surface area contributed by atoms with Crippen LogP contribution in [0, 0.1) is 11.3 Å². The Morgan fingerprint density at radius 1 is 1.14 bits per heavy atom. The minimum absolute atomic E-state index is 0.00530. The number of hydrogen-bond acceptors (Lipinski definition) is 3. The molecule has 0 spiro atoms. The number of nitrogens with one attached hydrogen (secondary N) is 1. The third kappa shape index (κ3) is 6.54. The molecule has 1 N–H and O–H groups in total. The van der Waals surface area contributed by atoms with Crippen LogP contribution in [-0.4, -0.2) is 43.9 Å². The number of piperidine rings is 1. The number of carbonyl (C=O) groups is 2. The number of amides is 2. The maximum atomic E-state index is 13.1. The van der Waals surface area contributed by atoms with Crippen LogP contribution < -0.4 is 10.2 Å². The molecule has 0 aromatic heterocycles. The predicted octanol–water partition coefficient (Wildman–Crippen LogP) is 4.78. The highest BCUT2D eigenvalue weighted by atomic mass is 16.2. The van der Waals surface area contributed by atoms with Gasteiger partial charge in [-0.05, 0) is 55.2 Å². The van der Waals surface area contributed by atoms with Crippen molar-refractivity contribution in [3.63, 3.8) is 0 Å². The molecule has 1 atom stereocenters. The van der Waals surface area contributed by atoms with Crippen molar-refractivity contribution in [2.24, 2.45) is 11.3 Å². The van der Waals surface area contributed by atoms with E-state index in [0.29, 0.717) is 23.6 Å². The number of rotatable bonds is 6. The minimum Gasteiger partial charge on any atom is -0.377 e. The number of likely N-dealkylation sites (tertiary alicyclic amines) is 1. The summed E-state index contributed by atoms with van der Waals surface area (Å²) in [5, 5.41) is 2.99. The summed E-state index contributed by atoms with van der Waals surface area (Å²) in [6.45, 7) is 10.3. The van der Waals surface area contributed by atoms with Gasteiger partial charge in [0.05, 0.1) is 5.56 Å². The molecule has 0 radical (unpaired) electrons.